The summed E-state index contributed by atoms with van der Waals surface area (Å²) in [6, 6.07) is 15.4. The van der Waals surface area contributed by atoms with Gasteiger partial charge in [0.15, 0.2) is 0 Å². The van der Waals surface area contributed by atoms with E-state index in [2.05, 4.69) is 28.8 Å². The normalized spacial score (nSPS) is 12.2. The quantitative estimate of drug-likeness (QED) is 0.674. The van der Waals surface area contributed by atoms with Crippen molar-refractivity contribution in [3.05, 3.63) is 65.7 Å². The zero-order chi connectivity index (χ0) is 20.8. The number of rotatable bonds is 9. The van der Waals surface area contributed by atoms with Crippen LogP contribution in [0, 0.1) is 5.41 Å². The minimum atomic E-state index is -3.71. The standard InChI is InChI=1S/C21H29N3O3S/c1-21(2,16-24(3)4)15-22-20(25)18-11-8-12-19(13-18)28(26,27)23-14-17-9-6-5-7-10-17/h5-13,23H,14-16H2,1-4H3,(H,22,25). The predicted octanol–water partition coefficient (Wildman–Crippen LogP) is 2.48. The summed E-state index contributed by atoms with van der Waals surface area (Å²) in [5.41, 5.74) is 1.09. The van der Waals surface area contributed by atoms with Crippen molar-refractivity contribution in [2.24, 2.45) is 5.41 Å². The van der Waals surface area contributed by atoms with Crippen molar-refractivity contribution < 1.29 is 13.2 Å². The molecule has 0 unspecified atom stereocenters. The predicted molar refractivity (Wildman–Crippen MR) is 112 cm³/mol. The molecule has 7 heteroatoms. The highest BCUT2D eigenvalue weighted by atomic mass is 32.2. The van der Waals surface area contributed by atoms with E-state index in [4.69, 9.17) is 0 Å². The number of hydrogen-bond donors (Lipinski definition) is 2. The molecule has 28 heavy (non-hydrogen) atoms. The van der Waals surface area contributed by atoms with Crippen molar-refractivity contribution in [3.63, 3.8) is 0 Å². The maximum Gasteiger partial charge on any atom is 0.251 e. The van der Waals surface area contributed by atoms with Crippen LogP contribution in [-0.2, 0) is 16.6 Å². The van der Waals surface area contributed by atoms with Crippen molar-refractivity contribution >= 4 is 15.9 Å². The first kappa shape index (κ1) is 22.1. The van der Waals surface area contributed by atoms with E-state index < -0.39 is 10.0 Å². The molecule has 0 fully saturated rings. The average molecular weight is 404 g/mol. The summed E-state index contributed by atoms with van der Waals surface area (Å²) < 4.78 is 27.7. The molecule has 0 aliphatic rings. The molecule has 0 saturated carbocycles. The fourth-order valence-corrected chi connectivity index (χ4v) is 4.06. The second-order valence-electron chi connectivity index (χ2n) is 7.92. The van der Waals surface area contributed by atoms with Gasteiger partial charge in [-0.3, -0.25) is 4.79 Å². The molecular weight excluding hydrogens is 374 g/mol. The molecule has 2 N–H and O–H groups in total. The minimum absolute atomic E-state index is 0.0728. The molecule has 0 spiro atoms. The van der Waals surface area contributed by atoms with Crippen molar-refractivity contribution in [2.75, 3.05) is 27.2 Å². The van der Waals surface area contributed by atoms with Crippen molar-refractivity contribution in [2.45, 2.75) is 25.3 Å². The van der Waals surface area contributed by atoms with Crippen LogP contribution in [0.3, 0.4) is 0 Å². The van der Waals surface area contributed by atoms with E-state index in [0.717, 1.165) is 12.1 Å². The number of nitrogens with zero attached hydrogens (tertiary/aromatic N) is 1. The van der Waals surface area contributed by atoms with Crippen LogP contribution in [-0.4, -0.2) is 46.4 Å². The van der Waals surface area contributed by atoms with Crippen LogP contribution in [0.4, 0.5) is 0 Å². The molecule has 2 rings (SSSR count). The first-order valence-corrected chi connectivity index (χ1v) is 10.6. The maximum absolute atomic E-state index is 12.6. The molecule has 0 bridgehead atoms. The molecule has 152 valence electrons. The zero-order valence-corrected chi connectivity index (χ0v) is 17.7. The van der Waals surface area contributed by atoms with Crippen LogP contribution in [0.25, 0.3) is 0 Å². The van der Waals surface area contributed by atoms with Crippen LogP contribution in [0.2, 0.25) is 0 Å². The summed E-state index contributed by atoms with van der Waals surface area (Å²) in [4.78, 5) is 14.6. The van der Waals surface area contributed by atoms with E-state index in [0.29, 0.717) is 12.1 Å². The number of hydrogen-bond acceptors (Lipinski definition) is 4. The van der Waals surface area contributed by atoms with Gasteiger partial charge in [-0.2, -0.15) is 0 Å². The van der Waals surface area contributed by atoms with Crippen LogP contribution in [0.15, 0.2) is 59.5 Å². The Hall–Kier alpha value is -2.22. The molecule has 0 aliphatic heterocycles. The van der Waals surface area contributed by atoms with Crippen LogP contribution in [0.1, 0.15) is 29.8 Å². The highest BCUT2D eigenvalue weighted by Crippen LogP contribution is 2.16. The van der Waals surface area contributed by atoms with E-state index in [1.807, 2.05) is 44.4 Å². The summed E-state index contributed by atoms with van der Waals surface area (Å²) in [5.74, 6) is -0.285. The summed E-state index contributed by atoms with van der Waals surface area (Å²) in [5, 5.41) is 2.90. The Bertz CT molecular complexity index is 894. The Kier molecular flexibility index (Phi) is 7.35. The highest BCUT2D eigenvalue weighted by Gasteiger charge is 2.21. The largest absolute Gasteiger partial charge is 0.351 e. The van der Waals surface area contributed by atoms with Gasteiger partial charge in [0.05, 0.1) is 4.90 Å². The average Bonchev–Trinajstić information content (AvgIpc) is 2.64. The van der Waals surface area contributed by atoms with Gasteiger partial charge in [-0.25, -0.2) is 13.1 Å². The monoisotopic (exact) mass is 403 g/mol. The van der Waals surface area contributed by atoms with Crippen LogP contribution in [0.5, 0.6) is 0 Å². The first-order valence-electron chi connectivity index (χ1n) is 9.16. The van der Waals surface area contributed by atoms with E-state index in [1.165, 1.54) is 12.1 Å². The lowest BCUT2D eigenvalue weighted by Gasteiger charge is -2.28. The zero-order valence-electron chi connectivity index (χ0n) is 16.9. The van der Waals surface area contributed by atoms with E-state index in [9.17, 15) is 13.2 Å². The van der Waals surface area contributed by atoms with Crippen LogP contribution < -0.4 is 10.0 Å². The Balaban J connectivity index is 2.05. The topological polar surface area (TPSA) is 78.5 Å². The summed E-state index contributed by atoms with van der Waals surface area (Å²) in [6.07, 6.45) is 0. The third-order valence-electron chi connectivity index (χ3n) is 4.19. The number of amides is 1. The molecule has 0 radical (unpaired) electrons. The summed E-state index contributed by atoms with van der Waals surface area (Å²) >= 11 is 0. The molecule has 0 atom stereocenters. The molecular formula is C21H29N3O3S. The van der Waals surface area contributed by atoms with Gasteiger partial charge in [0.25, 0.3) is 5.91 Å². The number of sulfonamides is 1. The van der Waals surface area contributed by atoms with Gasteiger partial charge in [-0.1, -0.05) is 50.2 Å². The molecule has 0 aromatic heterocycles. The molecule has 2 aromatic rings. The summed E-state index contributed by atoms with van der Waals surface area (Å²) in [7, 11) is 0.263. The smallest absolute Gasteiger partial charge is 0.251 e. The van der Waals surface area contributed by atoms with E-state index in [1.54, 1.807) is 12.1 Å². The molecule has 0 saturated heterocycles. The van der Waals surface area contributed by atoms with Crippen molar-refractivity contribution in [1.82, 2.24) is 14.9 Å². The molecule has 2 aromatic carbocycles. The molecule has 1 amide bonds. The van der Waals surface area contributed by atoms with Gasteiger partial charge in [-0.05, 0) is 43.3 Å². The second-order valence-corrected chi connectivity index (χ2v) is 9.69. The SMILES string of the molecule is CN(C)CC(C)(C)CNC(=O)c1cccc(S(=O)(=O)NCc2ccccc2)c1. The Morgan fingerprint density at radius 1 is 1.04 bits per heavy atom. The third-order valence-corrected chi connectivity index (χ3v) is 5.59. The first-order chi connectivity index (χ1) is 13.1. The fourth-order valence-electron chi connectivity index (χ4n) is 3.00. The van der Waals surface area contributed by atoms with Gasteiger partial charge >= 0.3 is 0 Å². The number of carbonyl (C=O) groups is 1. The molecule has 0 aliphatic carbocycles. The van der Waals surface area contributed by atoms with Crippen LogP contribution >= 0.6 is 0 Å². The maximum atomic E-state index is 12.6. The molecule has 0 heterocycles. The van der Waals surface area contributed by atoms with E-state index >= 15 is 0 Å². The summed E-state index contributed by atoms with van der Waals surface area (Å²) in [6.45, 7) is 5.65. The lowest BCUT2D eigenvalue weighted by Crippen LogP contribution is -2.40. The van der Waals surface area contributed by atoms with Gasteiger partial charge in [-0.15, -0.1) is 0 Å². The lowest BCUT2D eigenvalue weighted by molar-refractivity contribution is 0.0929. The Labute approximate surface area is 168 Å². The van der Waals surface area contributed by atoms with Crippen molar-refractivity contribution in [1.29, 1.82) is 0 Å². The van der Waals surface area contributed by atoms with Crippen molar-refractivity contribution in [3.8, 4) is 0 Å². The second kappa shape index (κ2) is 9.32. The third kappa shape index (κ3) is 6.74. The van der Waals surface area contributed by atoms with Gasteiger partial charge in [0, 0.05) is 25.2 Å². The minimum Gasteiger partial charge on any atom is -0.351 e. The lowest BCUT2D eigenvalue weighted by atomic mass is 9.93. The van der Waals surface area contributed by atoms with Gasteiger partial charge in [0.1, 0.15) is 0 Å². The van der Waals surface area contributed by atoms with E-state index in [-0.39, 0.29) is 22.8 Å². The number of nitrogens with one attached hydrogen (secondary N) is 2. The Morgan fingerprint density at radius 2 is 1.71 bits per heavy atom. The fraction of sp³-hybridized carbons (Fsp3) is 0.381. The van der Waals surface area contributed by atoms with Gasteiger partial charge in [0.2, 0.25) is 10.0 Å². The molecule has 6 nitrogen and oxygen atoms in total. The number of benzene rings is 2. The number of carbonyl (C=O) groups excluding carboxylic acids is 1. The van der Waals surface area contributed by atoms with Gasteiger partial charge < -0.3 is 10.2 Å². The Morgan fingerprint density at radius 3 is 2.36 bits per heavy atom. The highest BCUT2D eigenvalue weighted by molar-refractivity contribution is 7.89.